The second kappa shape index (κ2) is 7.34. The molecule has 0 aromatic carbocycles. The summed E-state index contributed by atoms with van der Waals surface area (Å²) in [5.41, 5.74) is 0.432. The van der Waals surface area contributed by atoms with Crippen LogP contribution in [0.2, 0.25) is 0 Å². The van der Waals surface area contributed by atoms with E-state index in [2.05, 4.69) is 10.3 Å². The van der Waals surface area contributed by atoms with Gasteiger partial charge in [0.2, 0.25) is 17.8 Å². The molecule has 3 rings (SSSR count). The van der Waals surface area contributed by atoms with Crippen LogP contribution in [0.25, 0.3) is 0 Å². The van der Waals surface area contributed by atoms with Gasteiger partial charge in [0, 0.05) is 43.5 Å². The van der Waals surface area contributed by atoms with Gasteiger partial charge < -0.3 is 5.32 Å². The van der Waals surface area contributed by atoms with Gasteiger partial charge in [0.25, 0.3) is 0 Å². The van der Waals surface area contributed by atoms with E-state index in [-0.39, 0.29) is 31.6 Å². The van der Waals surface area contributed by atoms with Crippen molar-refractivity contribution in [3.63, 3.8) is 0 Å². The molecule has 3 N–H and O–H groups in total. The Morgan fingerprint density at radius 2 is 1.88 bits per heavy atom. The predicted molar refractivity (Wildman–Crippen MR) is 91.0 cm³/mol. The van der Waals surface area contributed by atoms with Crippen LogP contribution in [-0.2, 0) is 4.79 Å². The average molecular weight is 391 g/mol. The van der Waals surface area contributed by atoms with Crippen LogP contribution in [0.1, 0.15) is 38.5 Å². The lowest BCUT2D eigenvalue weighted by Gasteiger charge is -2.34. The number of aromatic nitrogens is 1. The summed E-state index contributed by atoms with van der Waals surface area (Å²) >= 11 is 0.912. The Labute approximate surface area is 153 Å². The van der Waals surface area contributed by atoms with Crippen molar-refractivity contribution in [1.82, 2.24) is 4.98 Å². The number of halogens is 4. The largest absolute Gasteiger partial charge is 0.326 e. The zero-order chi connectivity index (χ0) is 18.9. The number of carbonyl (C=O) groups is 1. The summed E-state index contributed by atoms with van der Waals surface area (Å²) in [6.45, 7) is 0. The van der Waals surface area contributed by atoms with E-state index in [1.54, 1.807) is 12.1 Å². The average Bonchev–Trinajstić information content (AvgIpc) is 2.91. The first-order valence-corrected chi connectivity index (χ1v) is 9.46. The summed E-state index contributed by atoms with van der Waals surface area (Å²) in [5, 5.41) is 8.57. The number of anilines is 1. The summed E-state index contributed by atoms with van der Waals surface area (Å²) in [7, 11) is 0. The molecule has 1 heterocycles. The number of rotatable bonds is 4. The molecule has 144 valence electrons. The van der Waals surface area contributed by atoms with E-state index >= 15 is 0 Å². The Morgan fingerprint density at radius 3 is 2.54 bits per heavy atom. The van der Waals surface area contributed by atoms with Gasteiger partial charge in [0.15, 0.2) is 0 Å². The van der Waals surface area contributed by atoms with E-state index in [9.17, 15) is 22.4 Å². The molecule has 26 heavy (non-hydrogen) atoms. The molecule has 1 amide bonds. The van der Waals surface area contributed by atoms with Gasteiger partial charge in [-0.1, -0.05) is 0 Å². The predicted octanol–water partition coefficient (Wildman–Crippen LogP) is 4.47. The third kappa shape index (κ3) is 4.49. The van der Waals surface area contributed by atoms with Gasteiger partial charge in [-0.15, -0.1) is 0 Å². The Morgan fingerprint density at radius 1 is 1.19 bits per heavy atom. The van der Waals surface area contributed by atoms with Crippen LogP contribution >= 0.6 is 11.9 Å². The molecule has 9 heteroatoms. The fourth-order valence-electron chi connectivity index (χ4n) is 4.10. The third-order valence-electron chi connectivity index (χ3n) is 5.40. The monoisotopic (exact) mass is 391 g/mol. The molecule has 4 nitrogen and oxygen atoms in total. The standard InChI is InChI=1S/C17H21F4N3OS/c18-16(19)4-1-10(2-5-16)12-8-17(20,21)9-13(12)15(25)24-11-3-6-23-14(7-11)26-22/h3,6-7,10,12-13H,1-2,4-5,8-9,22H2,(H,23,24,25)/t12?,13-/m1/s1. The molecule has 1 aromatic rings. The fourth-order valence-corrected chi connectivity index (χ4v) is 4.42. The molecular weight excluding hydrogens is 370 g/mol. The second-order valence-corrected chi connectivity index (χ2v) is 7.87. The minimum absolute atomic E-state index is 0.181. The number of pyridine rings is 1. The topological polar surface area (TPSA) is 68.0 Å². The maximum atomic E-state index is 14.0. The fraction of sp³-hybridized carbons (Fsp3) is 0.647. The zero-order valence-electron chi connectivity index (χ0n) is 14.1. The number of carbonyl (C=O) groups excluding carboxylic acids is 1. The van der Waals surface area contributed by atoms with Crippen molar-refractivity contribution in [3.8, 4) is 0 Å². The molecule has 2 saturated carbocycles. The van der Waals surface area contributed by atoms with Gasteiger partial charge in [0.1, 0.15) is 5.03 Å². The molecule has 2 aliphatic carbocycles. The first kappa shape index (κ1) is 19.4. The summed E-state index contributed by atoms with van der Waals surface area (Å²) in [6.07, 6.45) is 0.281. The van der Waals surface area contributed by atoms with Gasteiger partial charge >= 0.3 is 0 Å². The Kier molecular flexibility index (Phi) is 5.48. The highest BCUT2D eigenvalue weighted by Gasteiger charge is 2.53. The van der Waals surface area contributed by atoms with Crippen LogP contribution in [0.15, 0.2) is 23.4 Å². The van der Waals surface area contributed by atoms with E-state index in [1.165, 1.54) is 6.20 Å². The summed E-state index contributed by atoms with van der Waals surface area (Å²) in [6, 6.07) is 3.12. The molecule has 2 fully saturated rings. The van der Waals surface area contributed by atoms with Crippen LogP contribution in [0.3, 0.4) is 0 Å². The Bertz CT molecular complexity index is 663. The molecule has 0 saturated heterocycles. The van der Waals surface area contributed by atoms with Gasteiger partial charge in [0.05, 0.1) is 0 Å². The normalized spacial score (nSPS) is 28.0. The van der Waals surface area contributed by atoms with Crippen LogP contribution in [0, 0.1) is 17.8 Å². The van der Waals surface area contributed by atoms with Gasteiger partial charge in [-0.25, -0.2) is 22.5 Å². The summed E-state index contributed by atoms with van der Waals surface area (Å²) in [5.74, 6) is -7.89. The lowest BCUT2D eigenvalue weighted by atomic mass is 9.74. The Balaban J connectivity index is 1.72. The molecule has 2 aliphatic rings. The lowest BCUT2D eigenvalue weighted by molar-refractivity contribution is -0.122. The molecule has 0 bridgehead atoms. The summed E-state index contributed by atoms with van der Waals surface area (Å²) < 4.78 is 54.8. The number of hydrogen-bond donors (Lipinski definition) is 2. The lowest BCUT2D eigenvalue weighted by Crippen LogP contribution is -2.34. The zero-order valence-corrected chi connectivity index (χ0v) is 14.9. The SMILES string of the molecule is NSc1cc(NC(=O)[C@@H]2CC(F)(F)CC2C2CCC(F)(F)CC2)ccn1. The first-order chi connectivity index (χ1) is 12.2. The van der Waals surface area contributed by atoms with E-state index in [0.29, 0.717) is 10.7 Å². The van der Waals surface area contributed by atoms with Crippen molar-refractivity contribution in [2.45, 2.75) is 55.4 Å². The number of hydrogen-bond acceptors (Lipinski definition) is 4. The minimum Gasteiger partial charge on any atom is -0.326 e. The van der Waals surface area contributed by atoms with Crippen LogP contribution < -0.4 is 10.5 Å². The highest BCUT2D eigenvalue weighted by molar-refractivity contribution is 7.97. The molecule has 1 unspecified atom stereocenters. The molecule has 2 atom stereocenters. The van der Waals surface area contributed by atoms with Crippen LogP contribution in [0.5, 0.6) is 0 Å². The van der Waals surface area contributed by atoms with Gasteiger partial charge in [-0.2, -0.15) is 0 Å². The van der Waals surface area contributed by atoms with E-state index in [1.807, 2.05) is 0 Å². The molecule has 1 aromatic heterocycles. The molecule has 0 spiro atoms. The van der Waals surface area contributed by atoms with Crippen molar-refractivity contribution < 1.29 is 22.4 Å². The number of nitrogens with two attached hydrogens (primary N) is 1. The maximum absolute atomic E-state index is 14.0. The minimum atomic E-state index is -2.94. The smallest absolute Gasteiger partial charge is 0.249 e. The second-order valence-electron chi connectivity index (χ2n) is 7.22. The molecular formula is C17H21F4N3OS. The first-order valence-electron chi connectivity index (χ1n) is 8.58. The van der Waals surface area contributed by atoms with Gasteiger partial charge in [-0.05, 0) is 48.8 Å². The molecule has 0 radical (unpaired) electrons. The number of alkyl halides is 4. The Hall–Kier alpha value is -1.35. The number of nitrogens with zero attached hydrogens (tertiary/aromatic N) is 1. The van der Waals surface area contributed by atoms with E-state index in [0.717, 1.165) is 11.9 Å². The third-order valence-corrected chi connectivity index (χ3v) is 5.86. The van der Waals surface area contributed by atoms with Crippen molar-refractivity contribution in [2.24, 2.45) is 22.9 Å². The van der Waals surface area contributed by atoms with Crippen molar-refractivity contribution in [3.05, 3.63) is 18.3 Å². The van der Waals surface area contributed by atoms with Gasteiger partial charge in [-0.3, -0.25) is 9.93 Å². The van der Waals surface area contributed by atoms with E-state index in [4.69, 9.17) is 5.14 Å². The van der Waals surface area contributed by atoms with Crippen LogP contribution in [0.4, 0.5) is 23.2 Å². The highest BCUT2D eigenvalue weighted by atomic mass is 32.2. The summed E-state index contributed by atoms with van der Waals surface area (Å²) in [4.78, 5) is 16.6. The van der Waals surface area contributed by atoms with Crippen molar-refractivity contribution in [1.29, 1.82) is 0 Å². The quantitative estimate of drug-likeness (QED) is 0.587. The highest BCUT2D eigenvalue weighted by Crippen LogP contribution is 2.51. The van der Waals surface area contributed by atoms with Crippen LogP contribution in [-0.4, -0.2) is 22.7 Å². The van der Waals surface area contributed by atoms with Crippen molar-refractivity contribution >= 4 is 23.5 Å². The maximum Gasteiger partial charge on any atom is 0.249 e. The number of amides is 1. The number of nitrogens with one attached hydrogen (secondary N) is 1. The molecule has 0 aliphatic heterocycles. The van der Waals surface area contributed by atoms with Crippen molar-refractivity contribution in [2.75, 3.05) is 5.32 Å². The van der Waals surface area contributed by atoms with E-state index < -0.39 is 42.4 Å².